The van der Waals surface area contributed by atoms with Crippen molar-refractivity contribution in [2.45, 2.75) is 19.1 Å². The van der Waals surface area contributed by atoms with Crippen LogP contribution in [0.25, 0.3) is 0 Å². The molecule has 24 heavy (non-hydrogen) atoms. The number of aromatic nitrogens is 2. The lowest BCUT2D eigenvalue weighted by molar-refractivity contribution is -0.125. The highest BCUT2D eigenvalue weighted by molar-refractivity contribution is 5.87. The molecule has 2 aromatic rings. The highest BCUT2D eigenvalue weighted by atomic mass is 16.6. The molecule has 0 aliphatic carbocycles. The largest absolute Gasteiger partial charge is 0.508 e. The number of amides is 2. The zero-order valence-corrected chi connectivity index (χ0v) is 13.0. The van der Waals surface area contributed by atoms with Crippen molar-refractivity contribution < 1.29 is 19.4 Å². The molecule has 2 N–H and O–H groups in total. The summed E-state index contributed by atoms with van der Waals surface area (Å²) in [6.07, 6.45) is 2.96. The Labute approximate surface area is 138 Å². The van der Waals surface area contributed by atoms with Gasteiger partial charge in [-0.25, -0.2) is 4.79 Å². The van der Waals surface area contributed by atoms with Crippen LogP contribution in [0.5, 0.6) is 5.75 Å². The summed E-state index contributed by atoms with van der Waals surface area (Å²) in [4.78, 5) is 25.6. The van der Waals surface area contributed by atoms with Crippen LogP contribution in [0, 0.1) is 0 Å². The van der Waals surface area contributed by atoms with E-state index in [0.29, 0.717) is 13.1 Å². The fourth-order valence-corrected chi connectivity index (χ4v) is 2.48. The molecule has 1 saturated heterocycles. The SMILES string of the molecule is O=C(NCCn1cccn1)[C@@H]1COC(=O)N1Cc1ccc(O)cc1. The first kappa shape index (κ1) is 15.9. The van der Waals surface area contributed by atoms with Crippen molar-refractivity contribution in [2.75, 3.05) is 13.2 Å². The van der Waals surface area contributed by atoms with Gasteiger partial charge >= 0.3 is 6.09 Å². The second kappa shape index (κ2) is 7.03. The number of aromatic hydroxyl groups is 1. The maximum atomic E-state index is 12.3. The lowest BCUT2D eigenvalue weighted by Crippen LogP contribution is -2.46. The Hall–Kier alpha value is -3.03. The van der Waals surface area contributed by atoms with Gasteiger partial charge in [0.05, 0.1) is 13.1 Å². The standard InChI is InChI=1S/C16H18N4O4/c21-13-4-2-12(3-5-13)10-20-14(11-24-16(20)23)15(22)17-7-9-19-8-1-6-18-19/h1-6,8,14,21H,7,9-11H2,(H,17,22)/t14-/m0/s1. The summed E-state index contributed by atoms with van der Waals surface area (Å²) >= 11 is 0. The zero-order chi connectivity index (χ0) is 16.9. The molecule has 8 heteroatoms. The van der Waals surface area contributed by atoms with Crippen LogP contribution in [0.3, 0.4) is 0 Å². The summed E-state index contributed by atoms with van der Waals surface area (Å²) in [5.41, 5.74) is 0.806. The summed E-state index contributed by atoms with van der Waals surface area (Å²) in [6.45, 7) is 1.25. The third-order valence-electron chi connectivity index (χ3n) is 3.77. The maximum Gasteiger partial charge on any atom is 0.410 e. The number of benzene rings is 1. The summed E-state index contributed by atoms with van der Waals surface area (Å²) in [5.74, 6) is -0.109. The predicted octanol–water partition coefficient (Wildman–Crippen LogP) is 0.726. The minimum absolute atomic E-state index is 0.0323. The topological polar surface area (TPSA) is 96.7 Å². The van der Waals surface area contributed by atoms with Crippen molar-refractivity contribution in [1.82, 2.24) is 20.0 Å². The smallest absolute Gasteiger partial charge is 0.410 e. The Morgan fingerprint density at radius 1 is 1.38 bits per heavy atom. The van der Waals surface area contributed by atoms with Crippen molar-refractivity contribution in [3.63, 3.8) is 0 Å². The number of carbonyl (C=O) groups excluding carboxylic acids is 2. The van der Waals surface area contributed by atoms with Gasteiger partial charge in [-0.15, -0.1) is 0 Å². The van der Waals surface area contributed by atoms with E-state index in [1.807, 2.05) is 12.3 Å². The second-order valence-electron chi connectivity index (χ2n) is 5.45. The molecule has 0 saturated carbocycles. The van der Waals surface area contributed by atoms with E-state index in [1.54, 1.807) is 23.0 Å². The number of ether oxygens (including phenoxy) is 1. The molecule has 8 nitrogen and oxygen atoms in total. The minimum atomic E-state index is -0.663. The number of hydrogen-bond acceptors (Lipinski definition) is 5. The molecule has 1 atom stereocenters. The van der Waals surface area contributed by atoms with Gasteiger partial charge in [-0.3, -0.25) is 14.4 Å². The number of phenolic OH excluding ortho intramolecular Hbond substituents is 1. The highest BCUT2D eigenvalue weighted by Crippen LogP contribution is 2.18. The third-order valence-corrected chi connectivity index (χ3v) is 3.77. The first-order valence-electron chi connectivity index (χ1n) is 7.60. The van der Waals surface area contributed by atoms with Gasteiger partial charge in [-0.05, 0) is 23.8 Å². The van der Waals surface area contributed by atoms with Gasteiger partial charge in [0.15, 0.2) is 0 Å². The number of nitrogens with one attached hydrogen (secondary N) is 1. The summed E-state index contributed by atoms with van der Waals surface area (Å²) < 4.78 is 6.72. The van der Waals surface area contributed by atoms with E-state index in [-0.39, 0.29) is 24.8 Å². The van der Waals surface area contributed by atoms with Crippen molar-refractivity contribution >= 4 is 12.0 Å². The third kappa shape index (κ3) is 3.65. The van der Waals surface area contributed by atoms with Crippen molar-refractivity contribution in [3.8, 4) is 5.75 Å². The van der Waals surface area contributed by atoms with Crippen molar-refractivity contribution in [1.29, 1.82) is 0 Å². The number of carbonyl (C=O) groups is 2. The molecule has 126 valence electrons. The van der Waals surface area contributed by atoms with Gasteiger partial charge < -0.3 is 15.2 Å². The lowest BCUT2D eigenvalue weighted by atomic mass is 10.2. The molecule has 1 aliphatic heterocycles. The van der Waals surface area contributed by atoms with Crippen molar-refractivity contribution in [2.24, 2.45) is 0 Å². The quantitative estimate of drug-likeness (QED) is 0.814. The Bertz CT molecular complexity index is 699. The van der Waals surface area contributed by atoms with Crippen LogP contribution in [-0.4, -0.2) is 51.0 Å². The normalized spacial score (nSPS) is 16.9. The highest BCUT2D eigenvalue weighted by Gasteiger charge is 2.37. The molecule has 0 bridgehead atoms. The number of nitrogens with zero attached hydrogens (tertiary/aromatic N) is 3. The fraction of sp³-hybridized carbons (Fsp3) is 0.312. The molecule has 3 rings (SSSR count). The summed E-state index contributed by atoms with van der Waals surface area (Å²) in [6, 6.07) is 7.63. The Balaban J connectivity index is 1.57. The van der Waals surface area contributed by atoms with Crippen molar-refractivity contribution in [3.05, 3.63) is 48.3 Å². The van der Waals surface area contributed by atoms with Crippen LogP contribution in [0.4, 0.5) is 4.79 Å². The van der Waals surface area contributed by atoms with Crippen LogP contribution in [0.1, 0.15) is 5.56 Å². The average molecular weight is 330 g/mol. The van der Waals surface area contributed by atoms with Crippen LogP contribution >= 0.6 is 0 Å². The average Bonchev–Trinajstić information content (AvgIpc) is 3.20. The summed E-state index contributed by atoms with van der Waals surface area (Å²) in [7, 11) is 0. The molecule has 1 aromatic carbocycles. The first-order chi connectivity index (χ1) is 11.6. The second-order valence-corrected chi connectivity index (χ2v) is 5.45. The van der Waals surface area contributed by atoms with Gasteiger partial charge in [0, 0.05) is 18.9 Å². The van der Waals surface area contributed by atoms with Gasteiger partial charge in [-0.1, -0.05) is 12.1 Å². The van der Waals surface area contributed by atoms with E-state index in [9.17, 15) is 14.7 Å². The van der Waals surface area contributed by atoms with Crippen LogP contribution in [0.2, 0.25) is 0 Å². The monoisotopic (exact) mass is 330 g/mol. The van der Waals surface area contributed by atoms with Crippen LogP contribution in [-0.2, 0) is 22.6 Å². The molecule has 1 fully saturated rings. The van der Waals surface area contributed by atoms with E-state index in [1.165, 1.54) is 17.0 Å². The Morgan fingerprint density at radius 2 is 2.17 bits per heavy atom. The molecule has 2 amide bonds. The number of cyclic esters (lactones) is 1. The molecule has 1 aromatic heterocycles. The minimum Gasteiger partial charge on any atom is -0.508 e. The van der Waals surface area contributed by atoms with E-state index in [4.69, 9.17) is 4.74 Å². The number of phenols is 1. The van der Waals surface area contributed by atoms with Gasteiger partial charge in [0.1, 0.15) is 18.4 Å². The lowest BCUT2D eigenvalue weighted by Gasteiger charge is -2.20. The molecule has 0 radical (unpaired) electrons. The molecule has 0 unspecified atom stereocenters. The maximum absolute atomic E-state index is 12.3. The van der Waals surface area contributed by atoms with Crippen LogP contribution in [0.15, 0.2) is 42.7 Å². The van der Waals surface area contributed by atoms with Crippen LogP contribution < -0.4 is 5.32 Å². The molecular formula is C16H18N4O4. The Kier molecular flexibility index (Phi) is 4.64. The van der Waals surface area contributed by atoms with E-state index < -0.39 is 12.1 Å². The molecular weight excluding hydrogens is 312 g/mol. The van der Waals surface area contributed by atoms with E-state index >= 15 is 0 Å². The van der Waals surface area contributed by atoms with Gasteiger partial charge in [-0.2, -0.15) is 5.10 Å². The van der Waals surface area contributed by atoms with E-state index in [0.717, 1.165) is 5.56 Å². The first-order valence-corrected chi connectivity index (χ1v) is 7.60. The van der Waals surface area contributed by atoms with E-state index in [2.05, 4.69) is 10.4 Å². The Morgan fingerprint density at radius 3 is 2.88 bits per heavy atom. The molecule has 0 spiro atoms. The number of hydrogen-bond donors (Lipinski definition) is 2. The molecule has 1 aliphatic rings. The zero-order valence-electron chi connectivity index (χ0n) is 13.0. The van der Waals surface area contributed by atoms with Gasteiger partial charge in [0.2, 0.25) is 5.91 Å². The van der Waals surface area contributed by atoms with Gasteiger partial charge in [0.25, 0.3) is 0 Å². The fourth-order valence-electron chi connectivity index (χ4n) is 2.48. The molecule has 2 heterocycles. The predicted molar refractivity (Wildman–Crippen MR) is 84.0 cm³/mol. The number of rotatable bonds is 6. The summed E-state index contributed by atoms with van der Waals surface area (Å²) in [5, 5.41) is 16.2.